The van der Waals surface area contributed by atoms with E-state index in [9.17, 15) is 9.90 Å². The topological polar surface area (TPSA) is 94.7 Å². The summed E-state index contributed by atoms with van der Waals surface area (Å²) >= 11 is 8.56. The van der Waals surface area contributed by atoms with E-state index in [-0.39, 0.29) is 6.42 Å². The Morgan fingerprint density at radius 1 is 0.675 bits per heavy atom. The van der Waals surface area contributed by atoms with Crippen LogP contribution in [-0.2, 0) is 11.2 Å². The standard InChI is InChI=1S/C29H20N4O2S5/c1-15-12-23(17-2-6-21(36-17)28-30-8-9-31-28)39-26(15)19-4-5-20(38-19)27-16(14-25(34)35)13-24(40-27)18-3-7-22(37-18)29-32-10-11-33-29/h2-13H,14H2,1H3,(H,30,31)(H,32,33)(H,34,35). The molecule has 0 bridgehead atoms. The van der Waals surface area contributed by atoms with Crippen molar-refractivity contribution in [2.24, 2.45) is 0 Å². The Morgan fingerprint density at radius 2 is 1.18 bits per heavy atom. The summed E-state index contributed by atoms with van der Waals surface area (Å²) in [6, 6.07) is 17.0. The van der Waals surface area contributed by atoms with Gasteiger partial charge in [-0.1, -0.05) is 0 Å². The molecule has 0 aliphatic rings. The summed E-state index contributed by atoms with van der Waals surface area (Å²) in [4.78, 5) is 38.2. The first-order valence-corrected chi connectivity index (χ1v) is 16.4. The fraction of sp³-hybridized carbons (Fsp3) is 0.0690. The number of hydrogen-bond donors (Lipinski definition) is 3. The van der Waals surface area contributed by atoms with Crippen LogP contribution in [0.2, 0.25) is 0 Å². The third-order valence-corrected chi connectivity index (χ3v) is 12.7. The number of hydrogen-bond acceptors (Lipinski definition) is 8. The third kappa shape index (κ3) is 4.80. The Labute approximate surface area is 249 Å². The second-order valence-corrected chi connectivity index (χ2v) is 14.4. The molecule has 0 atom stereocenters. The number of nitrogens with one attached hydrogen (secondary N) is 2. The second kappa shape index (κ2) is 10.4. The van der Waals surface area contributed by atoms with Crippen molar-refractivity contribution in [3.05, 3.63) is 84.4 Å². The van der Waals surface area contributed by atoms with Crippen LogP contribution in [0.25, 0.3) is 60.4 Å². The zero-order chi connectivity index (χ0) is 27.2. The van der Waals surface area contributed by atoms with Gasteiger partial charge < -0.3 is 15.1 Å². The molecule has 0 radical (unpaired) electrons. The van der Waals surface area contributed by atoms with E-state index < -0.39 is 5.97 Å². The van der Waals surface area contributed by atoms with E-state index >= 15 is 0 Å². The summed E-state index contributed by atoms with van der Waals surface area (Å²) in [5.41, 5.74) is 2.09. The number of aromatic nitrogens is 4. The lowest BCUT2D eigenvalue weighted by atomic mass is 10.1. The highest BCUT2D eigenvalue weighted by Crippen LogP contribution is 2.48. The fourth-order valence-corrected chi connectivity index (χ4v) is 10.3. The average Bonchev–Trinajstić information content (AvgIpc) is 3.79. The number of aromatic amines is 2. The average molecular weight is 617 g/mol. The number of carbonyl (C=O) groups is 1. The molecule has 0 aliphatic carbocycles. The number of thiophene rings is 5. The molecule has 7 aromatic heterocycles. The quantitative estimate of drug-likeness (QED) is 0.159. The van der Waals surface area contributed by atoms with Crippen molar-refractivity contribution in [1.82, 2.24) is 19.9 Å². The SMILES string of the molecule is Cc1cc(-c2ccc(-c3ncc[nH]3)s2)sc1-c1ccc(-c2sc(-c3ccc(-c4ncc[nH]4)s3)cc2CC(=O)O)s1. The van der Waals surface area contributed by atoms with Crippen LogP contribution in [0.4, 0.5) is 0 Å². The van der Waals surface area contributed by atoms with Crippen molar-refractivity contribution in [1.29, 1.82) is 0 Å². The van der Waals surface area contributed by atoms with Gasteiger partial charge in [-0.3, -0.25) is 4.79 Å². The van der Waals surface area contributed by atoms with E-state index in [4.69, 9.17) is 0 Å². The van der Waals surface area contributed by atoms with Crippen molar-refractivity contribution in [3.8, 4) is 60.4 Å². The van der Waals surface area contributed by atoms with Gasteiger partial charge in [-0.15, -0.1) is 56.7 Å². The van der Waals surface area contributed by atoms with Gasteiger partial charge in [0.05, 0.1) is 16.2 Å². The van der Waals surface area contributed by atoms with Crippen LogP contribution in [-0.4, -0.2) is 31.0 Å². The molecule has 0 spiro atoms. The van der Waals surface area contributed by atoms with Gasteiger partial charge in [-0.25, -0.2) is 9.97 Å². The molecule has 7 aromatic rings. The molecule has 7 rings (SSSR count). The van der Waals surface area contributed by atoms with E-state index in [1.807, 2.05) is 18.5 Å². The molecule has 0 unspecified atom stereocenters. The summed E-state index contributed by atoms with van der Waals surface area (Å²) in [5, 5.41) is 9.63. The number of carboxylic acids is 1. The maximum Gasteiger partial charge on any atom is 0.307 e. The number of carboxylic acid groups (broad SMARTS) is 1. The first kappa shape index (κ1) is 25.4. The largest absolute Gasteiger partial charge is 0.481 e. The van der Waals surface area contributed by atoms with Crippen LogP contribution in [0.15, 0.2) is 73.3 Å². The molecule has 3 N–H and O–H groups in total. The third-order valence-electron chi connectivity index (χ3n) is 6.28. The van der Waals surface area contributed by atoms with E-state index in [2.05, 4.69) is 69.3 Å². The van der Waals surface area contributed by atoms with Crippen molar-refractivity contribution >= 4 is 62.7 Å². The smallest absolute Gasteiger partial charge is 0.307 e. The minimum atomic E-state index is -0.826. The van der Waals surface area contributed by atoms with E-state index in [1.54, 1.807) is 69.1 Å². The number of aliphatic carboxylic acids is 1. The molecular formula is C29H20N4O2S5. The van der Waals surface area contributed by atoms with Gasteiger partial charge in [0.25, 0.3) is 0 Å². The highest BCUT2D eigenvalue weighted by molar-refractivity contribution is 7.30. The number of rotatable bonds is 8. The maximum absolute atomic E-state index is 11.7. The lowest BCUT2D eigenvalue weighted by Crippen LogP contribution is -1.99. The van der Waals surface area contributed by atoms with Gasteiger partial charge in [-0.05, 0) is 66.6 Å². The first-order valence-electron chi connectivity index (χ1n) is 12.3. The Kier molecular flexibility index (Phi) is 6.60. The number of imidazole rings is 2. The highest BCUT2D eigenvalue weighted by atomic mass is 32.1. The summed E-state index contributed by atoms with van der Waals surface area (Å²) in [6.45, 7) is 2.16. The van der Waals surface area contributed by atoms with Crippen molar-refractivity contribution in [3.63, 3.8) is 0 Å². The fourth-order valence-electron chi connectivity index (χ4n) is 4.48. The minimum Gasteiger partial charge on any atom is -0.481 e. The molecule has 0 fully saturated rings. The summed E-state index contributed by atoms with van der Waals surface area (Å²) in [6.07, 6.45) is 7.16. The van der Waals surface area contributed by atoms with Gasteiger partial charge in [-0.2, -0.15) is 0 Å². The molecule has 0 saturated heterocycles. The van der Waals surface area contributed by atoms with Crippen molar-refractivity contribution < 1.29 is 9.90 Å². The molecule has 198 valence electrons. The van der Waals surface area contributed by atoms with Gasteiger partial charge in [0.1, 0.15) is 11.6 Å². The van der Waals surface area contributed by atoms with Crippen LogP contribution in [0.3, 0.4) is 0 Å². The Morgan fingerprint density at radius 3 is 1.75 bits per heavy atom. The Balaban J connectivity index is 1.20. The summed E-state index contributed by atoms with van der Waals surface area (Å²) in [5.74, 6) is 0.903. The minimum absolute atomic E-state index is 0.00591. The second-order valence-electron chi connectivity index (χ2n) is 9.03. The van der Waals surface area contributed by atoms with Crippen molar-refractivity contribution in [2.75, 3.05) is 0 Å². The lowest BCUT2D eigenvalue weighted by Gasteiger charge is -1.98. The maximum atomic E-state index is 11.7. The zero-order valence-corrected chi connectivity index (χ0v) is 25.0. The molecule has 0 amide bonds. The van der Waals surface area contributed by atoms with Crippen LogP contribution in [0.1, 0.15) is 11.1 Å². The number of nitrogens with zero attached hydrogens (tertiary/aromatic N) is 2. The Bertz CT molecular complexity index is 1930. The highest BCUT2D eigenvalue weighted by Gasteiger charge is 2.20. The van der Waals surface area contributed by atoms with Gasteiger partial charge in [0.2, 0.25) is 0 Å². The van der Waals surface area contributed by atoms with E-state index in [0.29, 0.717) is 0 Å². The van der Waals surface area contributed by atoms with Crippen LogP contribution < -0.4 is 0 Å². The number of H-pyrrole nitrogens is 2. The Hall–Kier alpha value is -3.61. The molecule has 11 heteroatoms. The zero-order valence-electron chi connectivity index (χ0n) is 20.9. The normalized spacial score (nSPS) is 11.4. The molecule has 7 heterocycles. The predicted molar refractivity (Wildman–Crippen MR) is 169 cm³/mol. The summed E-state index contributed by atoms with van der Waals surface area (Å²) in [7, 11) is 0. The molecule has 0 aliphatic heterocycles. The summed E-state index contributed by atoms with van der Waals surface area (Å²) < 4.78 is 0. The van der Waals surface area contributed by atoms with Gasteiger partial charge in [0.15, 0.2) is 0 Å². The molecular weight excluding hydrogens is 597 g/mol. The first-order chi connectivity index (χ1) is 19.5. The van der Waals surface area contributed by atoms with Crippen LogP contribution in [0.5, 0.6) is 0 Å². The van der Waals surface area contributed by atoms with Gasteiger partial charge in [0, 0.05) is 63.8 Å². The number of aryl methyl sites for hydroxylation is 1. The van der Waals surface area contributed by atoms with E-state index in [1.165, 1.54) is 25.1 Å². The van der Waals surface area contributed by atoms with E-state index in [0.717, 1.165) is 46.5 Å². The monoisotopic (exact) mass is 616 g/mol. The lowest BCUT2D eigenvalue weighted by molar-refractivity contribution is -0.136. The molecule has 0 saturated carbocycles. The van der Waals surface area contributed by atoms with Crippen LogP contribution in [0, 0.1) is 6.92 Å². The van der Waals surface area contributed by atoms with Crippen LogP contribution >= 0.6 is 56.7 Å². The molecule has 6 nitrogen and oxygen atoms in total. The molecule has 0 aromatic carbocycles. The molecule has 40 heavy (non-hydrogen) atoms. The van der Waals surface area contributed by atoms with Crippen molar-refractivity contribution in [2.45, 2.75) is 13.3 Å². The predicted octanol–water partition coefficient (Wildman–Crippen LogP) is 9.38. The van der Waals surface area contributed by atoms with Gasteiger partial charge >= 0.3 is 5.97 Å².